The molecule has 6 heteroatoms. The molecule has 1 fully saturated rings. The van der Waals surface area contributed by atoms with E-state index < -0.39 is 0 Å². The SMILES string of the molecule is OCCn1cc(CNCC2CCOCC2)nn1. The standard InChI is InChI=1S/C11H20N4O2/c16-4-3-15-9-11(13-14-15)8-12-7-10-1-5-17-6-2-10/h9-10,12,16H,1-8H2. The molecule has 1 aromatic heterocycles. The van der Waals surface area contributed by atoms with Gasteiger partial charge in [0.1, 0.15) is 0 Å². The van der Waals surface area contributed by atoms with E-state index >= 15 is 0 Å². The summed E-state index contributed by atoms with van der Waals surface area (Å²) in [4.78, 5) is 0. The summed E-state index contributed by atoms with van der Waals surface area (Å²) in [6, 6.07) is 0. The molecule has 2 N–H and O–H groups in total. The Morgan fingerprint density at radius 2 is 2.29 bits per heavy atom. The van der Waals surface area contributed by atoms with Crippen molar-refractivity contribution in [3.8, 4) is 0 Å². The van der Waals surface area contributed by atoms with Crippen LogP contribution in [0, 0.1) is 5.92 Å². The van der Waals surface area contributed by atoms with E-state index in [0.29, 0.717) is 6.54 Å². The Morgan fingerprint density at radius 3 is 3.06 bits per heavy atom. The molecule has 0 aromatic carbocycles. The lowest BCUT2D eigenvalue weighted by Gasteiger charge is -2.21. The number of rotatable bonds is 6. The van der Waals surface area contributed by atoms with Crippen LogP contribution in [0.5, 0.6) is 0 Å². The highest BCUT2D eigenvalue weighted by atomic mass is 16.5. The van der Waals surface area contributed by atoms with Crippen LogP contribution in [0.15, 0.2) is 6.20 Å². The van der Waals surface area contributed by atoms with E-state index in [1.54, 1.807) is 4.68 Å². The van der Waals surface area contributed by atoms with Gasteiger partial charge in [0.25, 0.3) is 0 Å². The molecule has 2 rings (SSSR count). The average molecular weight is 240 g/mol. The summed E-state index contributed by atoms with van der Waals surface area (Å²) < 4.78 is 6.98. The van der Waals surface area contributed by atoms with Gasteiger partial charge in [-0.15, -0.1) is 5.10 Å². The predicted molar refractivity (Wildman–Crippen MR) is 62.4 cm³/mol. The third-order valence-corrected chi connectivity index (χ3v) is 3.00. The second kappa shape index (κ2) is 6.68. The topological polar surface area (TPSA) is 72.2 Å². The minimum absolute atomic E-state index is 0.0955. The van der Waals surface area contributed by atoms with Crippen LogP contribution in [0.2, 0.25) is 0 Å². The fourth-order valence-corrected chi connectivity index (χ4v) is 1.99. The van der Waals surface area contributed by atoms with Crippen molar-refractivity contribution >= 4 is 0 Å². The Morgan fingerprint density at radius 1 is 1.47 bits per heavy atom. The molecule has 1 saturated heterocycles. The molecule has 0 atom stereocenters. The molecule has 2 heterocycles. The van der Waals surface area contributed by atoms with Crippen LogP contribution < -0.4 is 5.32 Å². The van der Waals surface area contributed by atoms with Crippen LogP contribution in [0.1, 0.15) is 18.5 Å². The zero-order valence-corrected chi connectivity index (χ0v) is 10.0. The summed E-state index contributed by atoms with van der Waals surface area (Å²) >= 11 is 0. The predicted octanol–water partition coefficient (Wildman–Crippen LogP) is -0.213. The third-order valence-electron chi connectivity index (χ3n) is 3.00. The van der Waals surface area contributed by atoms with Crippen molar-refractivity contribution in [3.63, 3.8) is 0 Å². The average Bonchev–Trinajstić information content (AvgIpc) is 2.79. The van der Waals surface area contributed by atoms with Crippen molar-refractivity contribution in [2.75, 3.05) is 26.4 Å². The van der Waals surface area contributed by atoms with E-state index in [4.69, 9.17) is 9.84 Å². The summed E-state index contributed by atoms with van der Waals surface area (Å²) in [6.45, 7) is 4.13. The number of aliphatic hydroxyl groups excluding tert-OH is 1. The normalized spacial score (nSPS) is 17.5. The first-order valence-electron chi connectivity index (χ1n) is 6.17. The Labute approximate surface area is 101 Å². The van der Waals surface area contributed by atoms with Gasteiger partial charge < -0.3 is 15.2 Å². The lowest BCUT2D eigenvalue weighted by atomic mass is 10.0. The molecule has 17 heavy (non-hydrogen) atoms. The molecule has 0 saturated carbocycles. The number of ether oxygens (including phenoxy) is 1. The first-order valence-corrected chi connectivity index (χ1v) is 6.17. The minimum atomic E-state index is 0.0955. The summed E-state index contributed by atoms with van der Waals surface area (Å²) in [5, 5.41) is 20.1. The summed E-state index contributed by atoms with van der Waals surface area (Å²) in [5.41, 5.74) is 0.922. The highest BCUT2D eigenvalue weighted by molar-refractivity contribution is 4.91. The number of hydrogen-bond acceptors (Lipinski definition) is 5. The number of nitrogens with one attached hydrogen (secondary N) is 1. The van der Waals surface area contributed by atoms with Crippen molar-refractivity contribution < 1.29 is 9.84 Å². The van der Waals surface area contributed by atoms with E-state index in [9.17, 15) is 0 Å². The quantitative estimate of drug-likeness (QED) is 0.719. The van der Waals surface area contributed by atoms with Crippen LogP contribution >= 0.6 is 0 Å². The zero-order valence-electron chi connectivity index (χ0n) is 10.0. The number of aromatic nitrogens is 3. The molecule has 6 nitrogen and oxygen atoms in total. The highest BCUT2D eigenvalue weighted by Crippen LogP contribution is 2.13. The highest BCUT2D eigenvalue weighted by Gasteiger charge is 2.13. The van der Waals surface area contributed by atoms with Gasteiger partial charge in [0.05, 0.1) is 18.8 Å². The minimum Gasteiger partial charge on any atom is -0.394 e. The summed E-state index contributed by atoms with van der Waals surface area (Å²) in [7, 11) is 0. The van der Waals surface area contributed by atoms with Gasteiger partial charge in [-0.3, -0.25) is 0 Å². The molecule has 1 aliphatic rings. The maximum atomic E-state index is 8.76. The smallest absolute Gasteiger partial charge is 0.0964 e. The van der Waals surface area contributed by atoms with Crippen molar-refractivity contribution in [1.82, 2.24) is 20.3 Å². The maximum Gasteiger partial charge on any atom is 0.0964 e. The van der Waals surface area contributed by atoms with E-state index in [2.05, 4.69) is 15.6 Å². The molecular weight excluding hydrogens is 220 g/mol. The summed E-state index contributed by atoms with van der Waals surface area (Å²) in [5.74, 6) is 0.719. The largest absolute Gasteiger partial charge is 0.394 e. The molecule has 0 spiro atoms. The Bertz CT molecular complexity index is 323. The molecule has 0 radical (unpaired) electrons. The van der Waals surface area contributed by atoms with Gasteiger partial charge in [0.15, 0.2) is 0 Å². The maximum absolute atomic E-state index is 8.76. The van der Waals surface area contributed by atoms with E-state index in [1.807, 2.05) is 6.20 Å². The third kappa shape index (κ3) is 4.07. The van der Waals surface area contributed by atoms with Gasteiger partial charge in [-0.1, -0.05) is 5.21 Å². The van der Waals surface area contributed by atoms with Gasteiger partial charge in [0, 0.05) is 26.0 Å². The molecule has 96 valence electrons. The second-order valence-electron chi connectivity index (χ2n) is 4.38. The summed E-state index contributed by atoms with van der Waals surface area (Å²) in [6.07, 6.45) is 4.15. The number of hydrogen-bond donors (Lipinski definition) is 2. The van der Waals surface area contributed by atoms with E-state index in [0.717, 1.165) is 50.8 Å². The van der Waals surface area contributed by atoms with Gasteiger partial charge >= 0.3 is 0 Å². The second-order valence-corrected chi connectivity index (χ2v) is 4.38. The van der Waals surface area contributed by atoms with Gasteiger partial charge in [0.2, 0.25) is 0 Å². The molecule has 0 unspecified atom stereocenters. The number of nitrogens with zero attached hydrogens (tertiary/aromatic N) is 3. The lowest BCUT2D eigenvalue weighted by molar-refractivity contribution is 0.0662. The fraction of sp³-hybridized carbons (Fsp3) is 0.818. The van der Waals surface area contributed by atoms with Crippen molar-refractivity contribution in [2.45, 2.75) is 25.9 Å². The van der Waals surface area contributed by atoms with Gasteiger partial charge in [-0.05, 0) is 25.3 Å². The Balaban J connectivity index is 1.66. The van der Waals surface area contributed by atoms with Crippen LogP contribution in [-0.2, 0) is 17.8 Å². The van der Waals surface area contributed by atoms with E-state index in [-0.39, 0.29) is 6.61 Å². The van der Waals surface area contributed by atoms with Crippen LogP contribution in [0.3, 0.4) is 0 Å². The monoisotopic (exact) mass is 240 g/mol. The Kier molecular flexibility index (Phi) is 4.90. The lowest BCUT2D eigenvalue weighted by Crippen LogP contribution is -2.27. The van der Waals surface area contributed by atoms with Crippen LogP contribution in [0.25, 0.3) is 0 Å². The molecule has 0 amide bonds. The van der Waals surface area contributed by atoms with E-state index in [1.165, 1.54) is 0 Å². The molecule has 0 bridgehead atoms. The van der Waals surface area contributed by atoms with Gasteiger partial charge in [-0.25, -0.2) is 4.68 Å². The van der Waals surface area contributed by atoms with Crippen molar-refractivity contribution in [3.05, 3.63) is 11.9 Å². The van der Waals surface area contributed by atoms with Gasteiger partial charge in [-0.2, -0.15) is 0 Å². The zero-order chi connectivity index (χ0) is 11.9. The fourth-order valence-electron chi connectivity index (χ4n) is 1.99. The molecule has 1 aromatic rings. The van der Waals surface area contributed by atoms with Crippen molar-refractivity contribution in [1.29, 1.82) is 0 Å². The van der Waals surface area contributed by atoms with Crippen LogP contribution in [-0.4, -0.2) is 46.5 Å². The first kappa shape index (κ1) is 12.5. The molecular formula is C11H20N4O2. The first-order chi connectivity index (χ1) is 8.38. The molecule has 1 aliphatic heterocycles. The number of aliphatic hydroxyl groups is 1. The van der Waals surface area contributed by atoms with Crippen LogP contribution in [0.4, 0.5) is 0 Å². The Hall–Kier alpha value is -0.980. The molecule has 0 aliphatic carbocycles. The van der Waals surface area contributed by atoms with Crippen molar-refractivity contribution in [2.24, 2.45) is 5.92 Å².